The first-order chi connectivity index (χ1) is 12.5. The lowest BCUT2D eigenvalue weighted by atomic mass is 9.85. The number of halogens is 3. The molecule has 1 fully saturated rings. The first kappa shape index (κ1) is 17.2. The fraction of sp³-hybridized carbons (Fsp3) is 0.647. The average Bonchev–Trinajstić information content (AvgIpc) is 3.06. The molecule has 0 radical (unpaired) electrons. The molecule has 0 amide bonds. The Kier molecular flexibility index (Phi) is 4.54. The number of nitrogens with zero attached hydrogens (tertiary/aromatic N) is 5. The molecular weight excluding hydrogens is 345 g/mol. The Hall–Kier alpha value is -2.19. The third kappa shape index (κ3) is 3.52. The smallest absolute Gasteiger partial charge is 0.351 e. The van der Waals surface area contributed by atoms with Crippen molar-refractivity contribution in [2.75, 3.05) is 5.32 Å². The van der Waals surface area contributed by atoms with Crippen LogP contribution in [0.25, 0.3) is 0 Å². The lowest BCUT2D eigenvalue weighted by Gasteiger charge is -2.30. The summed E-state index contributed by atoms with van der Waals surface area (Å²) in [4.78, 5) is 7.64. The summed E-state index contributed by atoms with van der Waals surface area (Å²) in [6.45, 7) is 0.980. The van der Waals surface area contributed by atoms with Gasteiger partial charge in [0.05, 0.1) is 5.56 Å². The summed E-state index contributed by atoms with van der Waals surface area (Å²) >= 11 is 0. The Morgan fingerprint density at radius 3 is 2.62 bits per heavy atom. The zero-order valence-electron chi connectivity index (χ0n) is 14.3. The summed E-state index contributed by atoms with van der Waals surface area (Å²) in [5.74, 6) is 2.69. The quantitative estimate of drug-likeness (QED) is 0.900. The molecule has 6 nitrogen and oxygen atoms in total. The molecule has 2 aliphatic rings. The van der Waals surface area contributed by atoms with Crippen molar-refractivity contribution in [1.29, 1.82) is 0 Å². The molecule has 26 heavy (non-hydrogen) atoms. The molecule has 0 spiro atoms. The third-order valence-corrected chi connectivity index (χ3v) is 5.24. The van der Waals surface area contributed by atoms with E-state index in [1.54, 1.807) is 0 Å². The molecule has 2 aromatic rings. The third-order valence-electron chi connectivity index (χ3n) is 5.24. The molecular formula is C17H21F3N6. The van der Waals surface area contributed by atoms with Gasteiger partial charge in [-0.3, -0.25) is 0 Å². The van der Waals surface area contributed by atoms with Crippen LogP contribution < -0.4 is 5.32 Å². The molecule has 0 unspecified atom stereocenters. The number of hydrogen-bond acceptors (Lipinski definition) is 5. The van der Waals surface area contributed by atoms with E-state index in [4.69, 9.17) is 0 Å². The normalized spacial score (nSPS) is 23.5. The van der Waals surface area contributed by atoms with Crippen molar-refractivity contribution < 1.29 is 13.2 Å². The lowest BCUT2D eigenvalue weighted by Crippen LogP contribution is -2.29. The van der Waals surface area contributed by atoms with Crippen molar-refractivity contribution in [3.8, 4) is 0 Å². The molecule has 140 valence electrons. The Balaban J connectivity index is 1.43. The predicted molar refractivity (Wildman–Crippen MR) is 88.6 cm³/mol. The first-order valence-electron chi connectivity index (χ1n) is 9.08. The number of rotatable bonds is 3. The van der Waals surface area contributed by atoms with E-state index in [1.807, 2.05) is 0 Å². The van der Waals surface area contributed by atoms with Gasteiger partial charge in [0, 0.05) is 37.3 Å². The molecule has 2 atom stereocenters. The van der Waals surface area contributed by atoms with Gasteiger partial charge in [-0.2, -0.15) is 13.2 Å². The maximum Gasteiger partial charge on any atom is 0.419 e. The summed E-state index contributed by atoms with van der Waals surface area (Å²) in [7, 11) is 0. The van der Waals surface area contributed by atoms with E-state index in [1.165, 1.54) is 0 Å². The number of alkyl halides is 3. The number of aryl methyl sites for hydroxylation is 1. The highest BCUT2D eigenvalue weighted by Crippen LogP contribution is 2.34. The minimum absolute atomic E-state index is 0.127. The predicted octanol–water partition coefficient (Wildman–Crippen LogP) is 3.56. The number of hydrogen-bond donors (Lipinski definition) is 1. The van der Waals surface area contributed by atoms with Crippen molar-refractivity contribution in [2.24, 2.45) is 0 Å². The van der Waals surface area contributed by atoms with Gasteiger partial charge in [-0.25, -0.2) is 9.97 Å². The molecule has 4 rings (SSSR count). The van der Waals surface area contributed by atoms with Gasteiger partial charge in [-0.1, -0.05) is 6.42 Å². The van der Waals surface area contributed by atoms with Gasteiger partial charge in [-0.15, -0.1) is 10.2 Å². The summed E-state index contributed by atoms with van der Waals surface area (Å²) in [6.07, 6.45) is 4.45. The zero-order valence-corrected chi connectivity index (χ0v) is 14.3. The summed E-state index contributed by atoms with van der Waals surface area (Å²) < 4.78 is 40.1. The van der Waals surface area contributed by atoms with E-state index in [-0.39, 0.29) is 12.0 Å². The highest BCUT2D eigenvalue weighted by atomic mass is 19.4. The van der Waals surface area contributed by atoms with Crippen LogP contribution in [0.2, 0.25) is 0 Å². The van der Waals surface area contributed by atoms with E-state index in [0.717, 1.165) is 75.5 Å². The second-order valence-corrected chi connectivity index (χ2v) is 7.08. The van der Waals surface area contributed by atoms with Gasteiger partial charge >= 0.3 is 6.18 Å². The minimum atomic E-state index is -4.42. The topological polar surface area (TPSA) is 68.5 Å². The molecule has 1 N–H and O–H groups in total. The molecule has 1 aliphatic heterocycles. The SMILES string of the molecule is FC(F)(F)c1cnc(N[C@@H]2CCC[C@H](c3nnc4n3CCCC4)C2)nc1. The monoisotopic (exact) mass is 366 g/mol. The van der Waals surface area contributed by atoms with Crippen LogP contribution in [0.5, 0.6) is 0 Å². The summed E-state index contributed by atoms with van der Waals surface area (Å²) in [5.41, 5.74) is -0.834. The number of nitrogens with one attached hydrogen (secondary N) is 1. The van der Waals surface area contributed by atoms with Crippen LogP contribution in [0, 0.1) is 0 Å². The van der Waals surface area contributed by atoms with Crippen molar-refractivity contribution in [3.63, 3.8) is 0 Å². The summed E-state index contributed by atoms with van der Waals surface area (Å²) in [6, 6.07) is 0.127. The largest absolute Gasteiger partial charge is 0.419 e. The van der Waals surface area contributed by atoms with E-state index < -0.39 is 11.7 Å². The molecule has 3 heterocycles. The van der Waals surface area contributed by atoms with Gasteiger partial charge < -0.3 is 9.88 Å². The van der Waals surface area contributed by atoms with Crippen LogP contribution in [-0.4, -0.2) is 30.8 Å². The zero-order chi connectivity index (χ0) is 18.1. The lowest BCUT2D eigenvalue weighted by molar-refractivity contribution is -0.138. The van der Waals surface area contributed by atoms with Crippen molar-refractivity contribution >= 4 is 5.95 Å². The highest BCUT2D eigenvalue weighted by Gasteiger charge is 2.32. The van der Waals surface area contributed by atoms with E-state index in [9.17, 15) is 13.2 Å². The molecule has 0 saturated heterocycles. The summed E-state index contributed by atoms with van der Waals surface area (Å²) in [5, 5.41) is 11.9. The van der Waals surface area contributed by atoms with Gasteiger partial charge in [-0.05, 0) is 32.1 Å². The molecule has 1 aliphatic carbocycles. The number of fused-ring (bicyclic) bond motifs is 1. The first-order valence-corrected chi connectivity index (χ1v) is 9.08. The Morgan fingerprint density at radius 1 is 1.04 bits per heavy atom. The average molecular weight is 366 g/mol. The molecule has 9 heteroatoms. The maximum atomic E-state index is 12.6. The standard InChI is InChI=1S/C17H21F3N6/c18-17(19,20)12-9-21-16(22-10-12)23-13-5-3-4-11(8-13)15-25-24-14-6-1-2-7-26(14)15/h9-11,13H,1-8H2,(H,21,22,23)/t11-,13+/m0/s1. The molecule has 2 aromatic heterocycles. The fourth-order valence-electron chi connectivity index (χ4n) is 3.92. The number of aromatic nitrogens is 5. The van der Waals surface area contributed by atoms with Crippen LogP contribution in [-0.2, 0) is 19.1 Å². The molecule has 1 saturated carbocycles. The Bertz CT molecular complexity index is 755. The fourth-order valence-corrected chi connectivity index (χ4v) is 3.92. The highest BCUT2D eigenvalue weighted by molar-refractivity contribution is 5.28. The van der Waals surface area contributed by atoms with E-state index in [0.29, 0.717) is 5.92 Å². The van der Waals surface area contributed by atoms with Gasteiger partial charge in [0.2, 0.25) is 5.95 Å². The van der Waals surface area contributed by atoms with E-state index >= 15 is 0 Å². The Morgan fingerprint density at radius 2 is 1.85 bits per heavy atom. The second kappa shape index (κ2) is 6.85. The maximum absolute atomic E-state index is 12.6. The molecule has 0 bridgehead atoms. The van der Waals surface area contributed by atoms with Crippen LogP contribution in [0.1, 0.15) is 61.7 Å². The van der Waals surface area contributed by atoms with Crippen LogP contribution in [0.4, 0.5) is 19.1 Å². The van der Waals surface area contributed by atoms with Crippen molar-refractivity contribution in [1.82, 2.24) is 24.7 Å². The van der Waals surface area contributed by atoms with Gasteiger partial charge in [0.15, 0.2) is 0 Å². The van der Waals surface area contributed by atoms with Crippen LogP contribution >= 0.6 is 0 Å². The van der Waals surface area contributed by atoms with Crippen molar-refractivity contribution in [2.45, 2.75) is 69.6 Å². The van der Waals surface area contributed by atoms with Crippen molar-refractivity contribution in [3.05, 3.63) is 29.6 Å². The Labute approximate surface area is 149 Å². The minimum Gasteiger partial charge on any atom is -0.351 e. The second-order valence-electron chi connectivity index (χ2n) is 7.08. The molecule has 0 aromatic carbocycles. The van der Waals surface area contributed by atoms with E-state index in [2.05, 4.69) is 30.0 Å². The van der Waals surface area contributed by atoms with Crippen LogP contribution in [0.15, 0.2) is 12.4 Å². The van der Waals surface area contributed by atoms with Crippen LogP contribution in [0.3, 0.4) is 0 Å². The van der Waals surface area contributed by atoms with Gasteiger partial charge in [0.1, 0.15) is 11.6 Å². The number of anilines is 1. The van der Waals surface area contributed by atoms with Gasteiger partial charge in [0.25, 0.3) is 0 Å².